The highest BCUT2D eigenvalue weighted by Gasteiger charge is 2.32. The predicted octanol–water partition coefficient (Wildman–Crippen LogP) is 2.41. The third kappa shape index (κ3) is 3.86. The molecule has 3 heterocycles. The smallest absolute Gasteiger partial charge is 0.325 e. The number of pyridine rings is 1. The number of nitrogens with one attached hydrogen (secondary N) is 1. The maximum Gasteiger partial charge on any atom is 0.325 e. The lowest BCUT2D eigenvalue weighted by molar-refractivity contribution is -0.143. The maximum atomic E-state index is 12.2. The molecule has 29 heavy (non-hydrogen) atoms. The van der Waals surface area contributed by atoms with Crippen molar-refractivity contribution in [3.8, 4) is 11.8 Å². The molecule has 1 unspecified atom stereocenters. The summed E-state index contributed by atoms with van der Waals surface area (Å²) in [5.74, 6) is 0.565. The number of H-pyrrole nitrogens is 1. The number of nitrogens with zero attached hydrogens (tertiary/aromatic N) is 4. The van der Waals surface area contributed by atoms with Crippen LogP contribution in [0.2, 0.25) is 0 Å². The molecule has 8 nitrogen and oxygen atoms in total. The number of benzene rings is 1. The molecule has 4 rings (SSSR count). The third-order valence-electron chi connectivity index (χ3n) is 5.17. The van der Waals surface area contributed by atoms with Crippen molar-refractivity contribution in [1.29, 1.82) is 5.26 Å². The Morgan fingerprint density at radius 2 is 2.10 bits per heavy atom. The van der Waals surface area contributed by atoms with Crippen LogP contribution in [0.3, 0.4) is 0 Å². The van der Waals surface area contributed by atoms with Crippen LogP contribution in [0, 0.1) is 11.3 Å². The van der Waals surface area contributed by atoms with E-state index >= 15 is 0 Å². The summed E-state index contributed by atoms with van der Waals surface area (Å²) >= 11 is 0. The summed E-state index contributed by atoms with van der Waals surface area (Å²) in [5.41, 5.74) is 1.53. The Kier molecular flexibility index (Phi) is 5.31. The number of hydrogen-bond acceptors (Lipinski definition) is 6. The van der Waals surface area contributed by atoms with Gasteiger partial charge in [-0.1, -0.05) is 6.07 Å². The summed E-state index contributed by atoms with van der Waals surface area (Å²) < 4.78 is 5.39. The number of rotatable bonds is 6. The minimum atomic E-state index is -0.888. The lowest BCUT2D eigenvalue weighted by Gasteiger charge is -2.38. The SMILES string of the molecule is N#CCOc1ccc2[nH]cc(C(C(=O)O)N3CCN(c4ccccn4)CC3)c2c1. The number of ether oxygens (including phenoxy) is 1. The first-order valence-electron chi connectivity index (χ1n) is 9.41. The molecule has 1 aromatic carbocycles. The van der Waals surface area contributed by atoms with Gasteiger partial charge >= 0.3 is 5.97 Å². The molecule has 1 fully saturated rings. The molecule has 2 N–H and O–H groups in total. The zero-order valence-electron chi connectivity index (χ0n) is 15.8. The van der Waals surface area contributed by atoms with Crippen LogP contribution in [0.1, 0.15) is 11.6 Å². The number of aromatic amines is 1. The Bertz CT molecular complexity index is 1040. The highest BCUT2D eigenvalue weighted by Crippen LogP contribution is 2.32. The van der Waals surface area contributed by atoms with E-state index in [0.717, 1.165) is 16.7 Å². The molecule has 1 atom stereocenters. The first kappa shape index (κ1) is 18.8. The van der Waals surface area contributed by atoms with Crippen molar-refractivity contribution in [2.45, 2.75) is 6.04 Å². The van der Waals surface area contributed by atoms with Gasteiger partial charge in [0.05, 0.1) is 0 Å². The molecule has 0 radical (unpaired) electrons. The van der Waals surface area contributed by atoms with Crippen molar-refractivity contribution in [2.75, 3.05) is 37.7 Å². The Morgan fingerprint density at radius 1 is 1.28 bits per heavy atom. The van der Waals surface area contributed by atoms with Gasteiger partial charge in [0.1, 0.15) is 23.7 Å². The fraction of sp³-hybridized carbons (Fsp3) is 0.286. The van der Waals surface area contributed by atoms with Crippen LogP contribution in [0.4, 0.5) is 5.82 Å². The lowest BCUT2D eigenvalue weighted by Crippen LogP contribution is -2.49. The highest BCUT2D eigenvalue weighted by atomic mass is 16.5. The number of hydrogen-bond donors (Lipinski definition) is 2. The summed E-state index contributed by atoms with van der Waals surface area (Å²) in [6, 6.07) is 12.4. The second-order valence-corrected chi connectivity index (χ2v) is 6.85. The van der Waals surface area contributed by atoms with Crippen LogP contribution in [-0.2, 0) is 4.79 Å². The molecule has 3 aromatic rings. The largest absolute Gasteiger partial charge is 0.480 e. The van der Waals surface area contributed by atoms with Gasteiger partial charge in [0.2, 0.25) is 0 Å². The number of aliphatic carboxylic acids is 1. The Hall–Kier alpha value is -3.57. The average Bonchev–Trinajstić information content (AvgIpc) is 3.16. The van der Waals surface area contributed by atoms with Gasteiger partial charge in [-0.25, -0.2) is 4.98 Å². The summed E-state index contributed by atoms with van der Waals surface area (Å²) in [5, 5.41) is 19.5. The third-order valence-corrected chi connectivity index (χ3v) is 5.17. The molecule has 0 aliphatic carbocycles. The molecule has 1 aliphatic heterocycles. The predicted molar refractivity (Wildman–Crippen MR) is 108 cm³/mol. The van der Waals surface area contributed by atoms with Crippen LogP contribution < -0.4 is 9.64 Å². The summed E-state index contributed by atoms with van der Waals surface area (Å²) in [4.78, 5) is 23.9. The van der Waals surface area contributed by atoms with Crippen molar-refractivity contribution >= 4 is 22.7 Å². The van der Waals surface area contributed by atoms with Crippen LogP contribution in [-0.4, -0.2) is 58.7 Å². The molecular weight excluding hydrogens is 370 g/mol. The second kappa shape index (κ2) is 8.20. The minimum Gasteiger partial charge on any atom is -0.480 e. The van der Waals surface area contributed by atoms with Gasteiger partial charge in [-0.2, -0.15) is 5.26 Å². The van der Waals surface area contributed by atoms with E-state index in [1.807, 2.05) is 35.2 Å². The topological polar surface area (TPSA) is 105 Å². The first-order chi connectivity index (χ1) is 14.2. The fourth-order valence-corrected chi connectivity index (χ4v) is 3.79. The minimum absolute atomic E-state index is 0.0525. The second-order valence-electron chi connectivity index (χ2n) is 6.85. The average molecular weight is 391 g/mol. The Morgan fingerprint density at radius 3 is 2.79 bits per heavy atom. The van der Waals surface area contributed by atoms with Gasteiger partial charge in [0.15, 0.2) is 6.61 Å². The van der Waals surface area contributed by atoms with Crippen molar-refractivity contribution in [3.05, 3.63) is 54.4 Å². The quantitative estimate of drug-likeness (QED) is 0.665. The van der Waals surface area contributed by atoms with Crippen LogP contribution >= 0.6 is 0 Å². The maximum absolute atomic E-state index is 12.2. The first-order valence-corrected chi connectivity index (χ1v) is 9.41. The van der Waals surface area contributed by atoms with Crippen LogP contribution in [0.15, 0.2) is 48.8 Å². The molecule has 0 spiro atoms. The number of aromatic nitrogens is 2. The molecule has 2 aromatic heterocycles. The van der Waals surface area contributed by atoms with Crippen molar-refractivity contribution in [1.82, 2.24) is 14.9 Å². The molecule has 1 saturated heterocycles. The van der Waals surface area contributed by atoms with E-state index < -0.39 is 12.0 Å². The number of carboxylic acid groups (broad SMARTS) is 1. The summed E-state index contributed by atoms with van der Waals surface area (Å²) in [7, 11) is 0. The van der Waals surface area contributed by atoms with E-state index in [1.165, 1.54) is 0 Å². The zero-order valence-corrected chi connectivity index (χ0v) is 15.8. The van der Waals surface area contributed by atoms with Crippen LogP contribution in [0.5, 0.6) is 5.75 Å². The zero-order chi connectivity index (χ0) is 20.2. The standard InChI is InChI=1S/C21H21N5O3/c22-6-12-29-15-4-5-18-16(13-15)17(14-24-18)20(21(27)28)26-10-8-25(9-11-26)19-3-1-2-7-23-19/h1-5,7,13-14,20,24H,8-12H2,(H,27,28). The lowest BCUT2D eigenvalue weighted by atomic mass is 10.0. The van der Waals surface area contributed by atoms with E-state index in [9.17, 15) is 9.90 Å². The number of nitriles is 1. The molecular formula is C21H21N5O3. The van der Waals surface area contributed by atoms with Crippen LogP contribution in [0.25, 0.3) is 10.9 Å². The van der Waals surface area contributed by atoms with Gasteiger partial charge in [0.25, 0.3) is 0 Å². The number of fused-ring (bicyclic) bond motifs is 1. The van der Waals surface area contributed by atoms with E-state index in [-0.39, 0.29) is 6.61 Å². The van der Waals surface area contributed by atoms with E-state index in [2.05, 4.69) is 14.9 Å². The van der Waals surface area contributed by atoms with E-state index in [0.29, 0.717) is 37.5 Å². The molecule has 1 aliphatic rings. The molecule has 8 heteroatoms. The van der Waals surface area contributed by atoms with Crippen molar-refractivity contribution in [2.24, 2.45) is 0 Å². The Labute approximate surface area is 167 Å². The van der Waals surface area contributed by atoms with Gasteiger partial charge in [-0.3, -0.25) is 9.69 Å². The molecule has 148 valence electrons. The van der Waals surface area contributed by atoms with Gasteiger partial charge in [0, 0.05) is 55.0 Å². The van der Waals surface area contributed by atoms with Crippen molar-refractivity contribution < 1.29 is 14.6 Å². The van der Waals surface area contributed by atoms with E-state index in [4.69, 9.17) is 10.00 Å². The van der Waals surface area contributed by atoms with E-state index in [1.54, 1.807) is 24.5 Å². The summed E-state index contributed by atoms with van der Waals surface area (Å²) in [6.45, 7) is 2.60. The number of anilines is 1. The molecule has 0 amide bonds. The van der Waals surface area contributed by atoms with Gasteiger partial charge in [-0.15, -0.1) is 0 Å². The molecule has 0 saturated carbocycles. The number of carboxylic acids is 1. The van der Waals surface area contributed by atoms with Gasteiger partial charge < -0.3 is 19.7 Å². The fourth-order valence-electron chi connectivity index (χ4n) is 3.79. The number of carbonyl (C=O) groups is 1. The monoisotopic (exact) mass is 391 g/mol. The molecule has 0 bridgehead atoms. The summed E-state index contributed by atoms with van der Waals surface area (Å²) in [6.07, 6.45) is 3.52. The normalized spacial score (nSPS) is 15.8. The number of piperazine rings is 1. The van der Waals surface area contributed by atoms with Crippen molar-refractivity contribution in [3.63, 3.8) is 0 Å². The highest BCUT2D eigenvalue weighted by molar-refractivity contribution is 5.90. The van der Waals surface area contributed by atoms with Gasteiger partial charge in [-0.05, 0) is 30.3 Å². The Balaban J connectivity index is 1.57.